The molecular formula is C16H12F3N3O. The number of halogens is 3. The summed E-state index contributed by atoms with van der Waals surface area (Å²) in [5, 5.41) is 2.47. The zero-order valence-electron chi connectivity index (χ0n) is 12.1. The summed E-state index contributed by atoms with van der Waals surface area (Å²) in [6.45, 7) is 1.81. The summed E-state index contributed by atoms with van der Waals surface area (Å²) in [4.78, 5) is 16.7. The molecule has 23 heavy (non-hydrogen) atoms. The molecule has 2 aromatic heterocycles. The van der Waals surface area contributed by atoms with E-state index in [-0.39, 0.29) is 11.4 Å². The number of hydrogen-bond donors (Lipinski definition) is 1. The number of anilines is 1. The summed E-state index contributed by atoms with van der Waals surface area (Å²) < 4.78 is 41.0. The summed E-state index contributed by atoms with van der Waals surface area (Å²) in [6, 6.07) is 5.75. The average molecular weight is 319 g/mol. The van der Waals surface area contributed by atoms with Crippen LogP contribution >= 0.6 is 0 Å². The van der Waals surface area contributed by atoms with Crippen molar-refractivity contribution < 1.29 is 18.0 Å². The van der Waals surface area contributed by atoms with Gasteiger partial charge < -0.3 is 5.32 Å². The van der Waals surface area contributed by atoms with E-state index in [2.05, 4.69) is 10.3 Å². The molecule has 0 unspecified atom stereocenters. The Morgan fingerprint density at radius 2 is 1.96 bits per heavy atom. The molecule has 118 valence electrons. The second-order valence-electron chi connectivity index (χ2n) is 4.92. The van der Waals surface area contributed by atoms with Crippen LogP contribution in [0.2, 0.25) is 0 Å². The maximum absolute atomic E-state index is 13.4. The number of nitrogens with zero attached hydrogens (tertiary/aromatic N) is 2. The minimum atomic E-state index is -1.07. The lowest BCUT2D eigenvalue weighted by Crippen LogP contribution is -2.16. The van der Waals surface area contributed by atoms with Gasteiger partial charge >= 0.3 is 0 Å². The van der Waals surface area contributed by atoms with Crippen LogP contribution in [0.5, 0.6) is 0 Å². The number of amides is 1. The van der Waals surface area contributed by atoms with E-state index >= 15 is 0 Å². The molecule has 0 saturated carbocycles. The first-order valence-electron chi connectivity index (χ1n) is 6.92. The summed E-state index contributed by atoms with van der Waals surface area (Å²) in [5.41, 5.74) is 1.17. The van der Waals surface area contributed by atoms with Crippen LogP contribution in [-0.4, -0.2) is 15.3 Å². The minimum absolute atomic E-state index is 0.0994. The van der Waals surface area contributed by atoms with Crippen molar-refractivity contribution in [1.29, 1.82) is 0 Å². The van der Waals surface area contributed by atoms with Gasteiger partial charge in [-0.25, -0.2) is 18.2 Å². The van der Waals surface area contributed by atoms with E-state index in [1.807, 2.05) is 6.92 Å². The number of aryl methyl sites for hydroxylation is 1. The van der Waals surface area contributed by atoms with Crippen LogP contribution in [0.1, 0.15) is 23.1 Å². The maximum atomic E-state index is 13.4. The van der Waals surface area contributed by atoms with E-state index < -0.39 is 23.4 Å². The molecule has 3 aromatic rings. The molecule has 0 aliphatic carbocycles. The van der Waals surface area contributed by atoms with Crippen LogP contribution in [0.15, 0.2) is 36.5 Å². The number of benzene rings is 1. The summed E-state index contributed by atoms with van der Waals surface area (Å²) in [5.74, 6) is -3.16. The molecular weight excluding hydrogens is 307 g/mol. The van der Waals surface area contributed by atoms with Crippen molar-refractivity contribution >= 4 is 17.2 Å². The van der Waals surface area contributed by atoms with Gasteiger partial charge in [-0.2, -0.15) is 0 Å². The Morgan fingerprint density at radius 1 is 1.17 bits per heavy atom. The van der Waals surface area contributed by atoms with Gasteiger partial charge in [-0.05, 0) is 30.7 Å². The maximum Gasteiger partial charge on any atom is 0.274 e. The normalized spacial score (nSPS) is 11.0. The number of rotatable bonds is 3. The zero-order chi connectivity index (χ0) is 16.6. The second-order valence-corrected chi connectivity index (χ2v) is 4.92. The first-order chi connectivity index (χ1) is 11.0. The number of fused-ring (bicyclic) bond motifs is 1. The SMILES string of the molecule is CCc1nc2ccc(F)cn2c1C(=O)Nc1ccc(F)c(F)c1. The van der Waals surface area contributed by atoms with Crippen molar-refractivity contribution in [3.05, 3.63) is 65.4 Å². The predicted molar refractivity (Wildman–Crippen MR) is 78.8 cm³/mol. The number of aromatic nitrogens is 2. The van der Waals surface area contributed by atoms with Gasteiger partial charge in [0, 0.05) is 18.0 Å². The fourth-order valence-electron chi connectivity index (χ4n) is 2.32. The largest absolute Gasteiger partial charge is 0.321 e. The van der Waals surface area contributed by atoms with Crippen LogP contribution in [0.4, 0.5) is 18.9 Å². The molecule has 0 radical (unpaired) electrons. The third-order valence-electron chi connectivity index (χ3n) is 3.38. The van der Waals surface area contributed by atoms with Gasteiger partial charge in [0.25, 0.3) is 5.91 Å². The van der Waals surface area contributed by atoms with E-state index in [1.54, 1.807) is 0 Å². The van der Waals surface area contributed by atoms with Gasteiger partial charge in [-0.1, -0.05) is 6.92 Å². The molecule has 0 fully saturated rings. The van der Waals surface area contributed by atoms with Gasteiger partial charge in [0.05, 0.1) is 5.69 Å². The summed E-state index contributed by atoms with van der Waals surface area (Å²) >= 11 is 0. The van der Waals surface area contributed by atoms with Gasteiger partial charge in [0.1, 0.15) is 17.2 Å². The summed E-state index contributed by atoms with van der Waals surface area (Å²) in [6.07, 6.45) is 1.62. The van der Waals surface area contributed by atoms with E-state index in [4.69, 9.17) is 0 Å². The van der Waals surface area contributed by atoms with E-state index in [1.165, 1.54) is 22.6 Å². The fourth-order valence-corrected chi connectivity index (χ4v) is 2.32. The minimum Gasteiger partial charge on any atom is -0.321 e. The zero-order valence-corrected chi connectivity index (χ0v) is 12.1. The third-order valence-corrected chi connectivity index (χ3v) is 3.38. The molecule has 7 heteroatoms. The van der Waals surface area contributed by atoms with Crippen LogP contribution in [0, 0.1) is 17.5 Å². The highest BCUT2D eigenvalue weighted by molar-refractivity contribution is 6.04. The van der Waals surface area contributed by atoms with Crippen LogP contribution in [-0.2, 0) is 6.42 Å². The van der Waals surface area contributed by atoms with Crippen molar-refractivity contribution in [1.82, 2.24) is 9.38 Å². The van der Waals surface area contributed by atoms with Crippen molar-refractivity contribution in [2.75, 3.05) is 5.32 Å². The highest BCUT2D eigenvalue weighted by atomic mass is 19.2. The lowest BCUT2D eigenvalue weighted by atomic mass is 10.2. The molecule has 0 atom stereocenters. The van der Waals surface area contributed by atoms with Crippen LogP contribution in [0.3, 0.4) is 0 Å². The molecule has 4 nitrogen and oxygen atoms in total. The summed E-state index contributed by atoms with van der Waals surface area (Å²) in [7, 11) is 0. The Morgan fingerprint density at radius 3 is 2.65 bits per heavy atom. The first-order valence-corrected chi connectivity index (χ1v) is 6.92. The van der Waals surface area contributed by atoms with Crippen molar-refractivity contribution in [2.24, 2.45) is 0 Å². The Balaban J connectivity index is 2.02. The third kappa shape index (κ3) is 2.77. The van der Waals surface area contributed by atoms with Gasteiger partial charge in [0.15, 0.2) is 11.6 Å². The number of carbonyl (C=O) groups is 1. The highest BCUT2D eigenvalue weighted by Crippen LogP contribution is 2.18. The smallest absolute Gasteiger partial charge is 0.274 e. The molecule has 0 bridgehead atoms. The molecule has 0 aliphatic rings. The number of carbonyl (C=O) groups excluding carboxylic acids is 1. The van der Waals surface area contributed by atoms with Crippen molar-refractivity contribution in [2.45, 2.75) is 13.3 Å². The van der Waals surface area contributed by atoms with Crippen molar-refractivity contribution in [3.63, 3.8) is 0 Å². The number of imidazole rings is 1. The van der Waals surface area contributed by atoms with Gasteiger partial charge in [-0.15, -0.1) is 0 Å². The highest BCUT2D eigenvalue weighted by Gasteiger charge is 2.19. The lowest BCUT2D eigenvalue weighted by Gasteiger charge is -2.07. The molecule has 0 aliphatic heterocycles. The second kappa shape index (κ2) is 5.75. The Bertz CT molecular complexity index is 905. The predicted octanol–water partition coefficient (Wildman–Crippen LogP) is 3.57. The van der Waals surface area contributed by atoms with Crippen LogP contribution in [0.25, 0.3) is 5.65 Å². The van der Waals surface area contributed by atoms with E-state index in [9.17, 15) is 18.0 Å². The van der Waals surface area contributed by atoms with Gasteiger partial charge in [-0.3, -0.25) is 9.20 Å². The standard InChI is InChI=1S/C16H12F3N3O/c1-2-13-15(22-8-9(17)3-6-14(22)21-13)16(23)20-10-4-5-11(18)12(19)7-10/h3-8H,2H2,1H3,(H,20,23). The molecule has 0 saturated heterocycles. The molecule has 1 N–H and O–H groups in total. The molecule has 3 rings (SSSR count). The molecule has 1 amide bonds. The fraction of sp³-hybridized carbons (Fsp3) is 0.125. The lowest BCUT2D eigenvalue weighted by molar-refractivity contribution is 0.102. The quantitative estimate of drug-likeness (QED) is 0.802. The Kier molecular flexibility index (Phi) is 3.77. The first kappa shape index (κ1) is 15.1. The topological polar surface area (TPSA) is 46.4 Å². The Labute approximate surface area is 129 Å². The Hall–Kier alpha value is -2.83. The molecule has 1 aromatic carbocycles. The van der Waals surface area contributed by atoms with E-state index in [0.29, 0.717) is 17.8 Å². The van der Waals surface area contributed by atoms with Crippen molar-refractivity contribution in [3.8, 4) is 0 Å². The molecule has 0 spiro atoms. The van der Waals surface area contributed by atoms with Crippen LogP contribution < -0.4 is 5.32 Å². The average Bonchev–Trinajstić information content (AvgIpc) is 2.88. The molecule has 2 heterocycles. The number of pyridine rings is 1. The number of hydrogen-bond acceptors (Lipinski definition) is 2. The number of nitrogens with one attached hydrogen (secondary N) is 1. The van der Waals surface area contributed by atoms with Gasteiger partial charge in [0.2, 0.25) is 0 Å². The monoisotopic (exact) mass is 319 g/mol. The van der Waals surface area contributed by atoms with E-state index in [0.717, 1.165) is 18.3 Å².